The van der Waals surface area contributed by atoms with Gasteiger partial charge in [-0.25, -0.2) is 4.98 Å². The van der Waals surface area contributed by atoms with E-state index in [0.717, 1.165) is 18.6 Å². The maximum atomic E-state index is 5.51. The highest BCUT2D eigenvalue weighted by atomic mass is 16.4. The highest BCUT2D eigenvalue weighted by molar-refractivity contribution is 5.28. The molecule has 0 aliphatic heterocycles. The van der Waals surface area contributed by atoms with Crippen LogP contribution in [0.4, 0.5) is 6.01 Å². The van der Waals surface area contributed by atoms with Gasteiger partial charge >= 0.3 is 0 Å². The zero-order chi connectivity index (χ0) is 13.9. The molecule has 1 aromatic carbocycles. The van der Waals surface area contributed by atoms with Crippen molar-refractivity contribution in [1.82, 2.24) is 4.98 Å². The Balaban J connectivity index is 1.96. The van der Waals surface area contributed by atoms with E-state index in [-0.39, 0.29) is 5.41 Å². The van der Waals surface area contributed by atoms with E-state index in [1.807, 2.05) is 0 Å². The van der Waals surface area contributed by atoms with E-state index in [1.54, 1.807) is 13.2 Å². The van der Waals surface area contributed by atoms with Gasteiger partial charge in [-0.15, -0.1) is 0 Å². The van der Waals surface area contributed by atoms with Crippen molar-refractivity contribution in [2.24, 2.45) is 0 Å². The third kappa shape index (κ3) is 3.60. The number of anilines is 1. The third-order valence-electron chi connectivity index (χ3n) is 3.25. The lowest BCUT2D eigenvalue weighted by Gasteiger charge is -2.19. The Morgan fingerprint density at radius 2 is 1.79 bits per heavy atom. The number of aryl methyl sites for hydroxylation is 2. The van der Waals surface area contributed by atoms with Gasteiger partial charge in [0.05, 0.1) is 6.20 Å². The van der Waals surface area contributed by atoms with Crippen LogP contribution in [0.3, 0.4) is 0 Å². The highest BCUT2D eigenvalue weighted by Gasteiger charge is 2.12. The maximum absolute atomic E-state index is 5.51. The summed E-state index contributed by atoms with van der Waals surface area (Å²) in [5.74, 6) is 0.921. The number of hydrogen-bond donors (Lipinski definition) is 1. The molecule has 0 aliphatic carbocycles. The second-order valence-electron chi connectivity index (χ2n) is 5.83. The van der Waals surface area contributed by atoms with Crippen molar-refractivity contribution in [2.75, 3.05) is 12.4 Å². The minimum absolute atomic E-state index is 0.213. The lowest BCUT2D eigenvalue weighted by Crippen LogP contribution is -2.10. The molecule has 19 heavy (non-hydrogen) atoms. The van der Waals surface area contributed by atoms with Crippen molar-refractivity contribution in [3.63, 3.8) is 0 Å². The average molecular weight is 258 g/mol. The van der Waals surface area contributed by atoms with Gasteiger partial charge in [0.25, 0.3) is 6.01 Å². The Morgan fingerprint density at radius 3 is 2.32 bits per heavy atom. The number of nitrogens with one attached hydrogen (secondary N) is 1. The summed E-state index contributed by atoms with van der Waals surface area (Å²) >= 11 is 0. The molecule has 0 atom stereocenters. The van der Waals surface area contributed by atoms with Gasteiger partial charge in [-0.3, -0.25) is 0 Å². The van der Waals surface area contributed by atoms with Crippen LogP contribution in [0, 0.1) is 0 Å². The predicted octanol–water partition coefficient (Wildman–Crippen LogP) is 3.80. The van der Waals surface area contributed by atoms with Crippen molar-refractivity contribution in [1.29, 1.82) is 0 Å². The first-order chi connectivity index (χ1) is 8.99. The monoisotopic (exact) mass is 258 g/mol. The Morgan fingerprint density at radius 1 is 1.11 bits per heavy atom. The summed E-state index contributed by atoms with van der Waals surface area (Å²) in [6, 6.07) is 9.42. The molecule has 0 saturated carbocycles. The zero-order valence-corrected chi connectivity index (χ0v) is 12.2. The largest absolute Gasteiger partial charge is 0.429 e. The minimum Gasteiger partial charge on any atom is -0.429 e. The van der Waals surface area contributed by atoms with E-state index in [2.05, 4.69) is 55.3 Å². The minimum atomic E-state index is 0.213. The molecule has 2 rings (SSSR count). The molecule has 0 unspecified atom stereocenters. The molecule has 3 nitrogen and oxygen atoms in total. The molecule has 0 aliphatic rings. The summed E-state index contributed by atoms with van der Waals surface area (Å²) in [6.07, 6.45) is 3.64. The topological polar surface area (TPSA) is 38.1 Å². The normalized spacial score (nSPS) is 11.6. The van der Waals surface area contributed by atoms with Gasteiger partial charge in [-0.1, -0.05) is 45.0 Å². The molecule has 0 amide bonds. The molecule has 1 aromatic heterocycles. The molecule has 2 aromatic rings. The molecule has 0 saturated heterocycles. The number of aromatic nitrogens is 1. The van der Waals surface area contributed by atoms with Gasteiger partial charge < -0.3 is 9.73 Å². The van der Waals surface area contributed by atoms with E-state index >= 15 is 0 Å². The molecule has 0 bridgehead atoms. The Labute approximate surface area is 115 Å². The highest BCUT2D eigenvalue weighted by Crippen LogP contribution is 2.22. The van der Waals surface area contributed by atoms with E-state index < -0.39 is 0 Å². The van der Waals surface area contributed by atoms with Crippen LogP contribution in [0.2, 0.25) is 0 Å². The molecule has 0 spiro atoms. The SMILES string of the molecule is CNc1ncc(CCc2ccc(C(C)(C)C)cc2)o1. The van der Waals surface area contributed by atoms with Crippen molar-refractivity contribution in [3.05, 3.63) is 47.3 Å². The van der Waals surface area contributed by atoms with Gasteiger partial charge in [0, 0.05) is 13.5 Å². The van der Waals surface area contributed by atoms with Crippen LogP contribution in [0.5, 0.6) is 0 Å². The van der Waals surface area contributed by atoms with Crippen molar-refractivity contribution >= 4 is 6.01 Å². The third-order valence-corrected chi connectivity index (χ3v) is 3.25. The summed E-state index contributed by atoms with van der Waals surface area (Å²) < 4.78 is 5.51. The summed E-state index contributed by atoms with van der Waals surface area (Å²) in [6.45, 7) is 6.70. The van der Waals surface area contributed by atoms with Gasteiger partial charge in [0.15, 0.2) is 0 Å². The van der Waals surface area contributed by atoms with Crippen LogP contribution >= 0.6 is 0 Å². The van der Waals surface area contributed by atoms with Gasteiger partial charge in [0.1, 0.15) is 5.76 Å². The first-order valence-electron chi connectivity index (χ1n) is 6.71. The van der Waals surface area contributed by atoms with E-state index in [9.17, 15) is 0 Å². The summed E-state index contributed by atoms with van der Waals surface area (Å²) in [4.78, 5) is 4.12. The van der Waals surface area contributed by atoms with Gasteiger partial charge in [-0.05, 0) is 23.0 Å². The number of oxazole rings is 1. The van der Waals surface area contributed by atoms with Crippen LogP contribution in [0.15, 0.2) is 34.9 Å². The second-order valence-corrected chi connectivity index (χ2v) is 5.83. The first kappa shape index (κ1) is 13.7. The summed E-state index contributed by atoms with van der Waals surface area (Å²) in [5, 5.41) is 2.89. The molecule has 0 fully saturated rings. The summed E-state index contributed by atoms with van der Waals surface area (Å²) in [5.41, 5.74) is 2.91. The van der Waals surface area contributed by atoms with E-state index in [0.29, 0.717) is 6.01 Å². The van der Waals surface area contributed by atoms with Crippen LogP contribution < -0.4 is 5.32 Å². The van der Waals surface area contributed by atoms with Gasteiger partial charge in [0.2, 0.25) is 0 Å². The maximum Gasteiger partial charge on any atom is 0.294 e. The van der Waals surface area contributed by atoms with Crippen LogP contribution in [0.25, 0.3) is 0 Å². The molecule has 3 heteroatoms. The number of rotatable bonds is 4. The van der Waals surface area contributed by atoms with Gasteiger partial charge in [-0.2, -0.15) is 0 Å². The Bertz CT molecular complexity index is 520. The molecule has 1 N–H and O–H groups in total. The number of hydrogen-bond acceptors (Lipinski definition) is 3. The lowest BCUT2D eigenvalue weighted by atomic mass is 9.86. The molecule has 0 radical (unpaired) electrons. The Hall–Kier alpha value is -1.77. The van der Waals surface area contributed by atoms with E-state index in [1.165, 1.54) is 11.1 Å². The smallest absolute Gasteiger partial charge is 0.294 e. The average Bonchev–Trinajstić information content (AvgIpc) is 2.84. The van der Waals surface area contributed by atoms with Crippen LogP contribution in [-0.4, -0.2) is 12.0 Å². The fraction of sp³-hybridized carbons (Fsp3) is 0.438. The quantitative estimate of drug-likeness (QED) is 0.906. The molecule has 102 valence electrons. The first-order valence-corrected chi connectivity index (χ1v) is 6.71. The number of nitrogens with zero attached hydrogens (tertiary/aromatic N) is 1. The summed E-state index contributed by atoms with van der Waals surface area (Å²) in [7, 11) is 1.81. The number of benzene rings is 1. The predicted molar refractivity (Wildman–Crippen MR) is 78.6 cm³/mol. The fourth-order valence-electron chi connectivity index (χ4n) is 1.98. The fourth-order valence-corrected chi connectivity index (χ4v) is 1.98. The van der Waals surface area contributed by atoms with Crippen molar-refractivity contribution < 1.29 is 4.42 Å². The molecule has 1 heterocycles. The lowest BCUT2D eigenvalue weighted by molar-refractivity contribution is 0.518. The second kappa shape index (κ2) is 5.47. The Kier molecular flexibility index (Phi) is 3.93. The van der Waals surface area contributed by atoms with Crippen LogP contribution in [-0.2, 0) is 18.3 Å². The molecular formula is C16H22N2O. The standard InChI is InChI=1S/C16H22N2O/c1-16(2,3)13-8-5-12(6-9-13)7-10-14-11-18-15(17-4)19-14/h5-6,8-9,11H,7,10H2,1-4H3,(H,17,18). The van der Waals surface area contributed by atoms with Crippen LogP contribution in [0.1, 0.15) is 37.7 Å². The molecular weight excluding hydrogens is 236 g/mol. The van der Waals surface area contributed by atoms with Crippen molar-refractivity contribution in [2.45, 2.75) is 39.0 Å². The van der Waals surface area contributed by atoms with Crippen molar-refractivity contribution in [3.8, 4) is 0 Å². The van der Waals surface area contributed by atoms with E-state index in [4.69, 9.17) is 4.42 Å². The zero-order valence-electron chi connectivity index (χ0n) is 12.2.